The molecule has 3 aromatic carbocycles. The third kappa shape index (κ3) is 4.73. The largest absolute Gasteiger partial charge is 0.495 e. The number of carbonyl (C=O) groups is 2. The summed E-state index contributed by atoms with van der Waals surface area (Å²) in [6.45, 7) is 1.43. The standard InChI is InChI=1S/C23H23N3O3/c1-16(27)24-17-13-14-22(29-3)20(15-17)25-23(28)19-11-7-8-12-21(19)26(2)18-9-5-4-6-10-18/h4-15H,1-3H3,(H,24,27)(H,25,28). The molecule has 0 atom stereocenters. The van der Waals surface area contributed by atoms with Crippen LogP contribution in [0.25, 0.3) is 0 Å². The zero-order chi connectivity index (χ0) is 20.8. The zero-order valence-electron chi connectivity index (χ0n) is 16.6. The maximum absolute atomic E-state index is 13.1. The van der Waals surface area contributed by atoms with E-state index in [1.807, 2.05) is 60.5 Å². The number of methoxy groups -OCH3 is 1. The van der Waals surface area contributed by atoms with Crippen LogP contribution >= 0.6 is 0 Å². The summed E-state index contributed by atoms with van der Waals surface area (Å²) in [6, 6.07) is 22.3. The fourth-order valence-electron chi connectivity index (χ4n) is 3.03. The van der Waals surface area contributed by atoms with Gasteiger partial charge in [0.15, 0.2) is 0 Å². The van der Waals surface area contributed by atoms with Crippen LogP contribution in [0.1, 0.15) is 17.3 Å². The van der Waals surface area contributed by atoms with Crippen LogP contribution in [0, 0.1) is 0 Å². The lowest BCUT2D eigenvalue weighted by molar-refractivity contribution is -0.114. The molecule has 0 aliphatic rings. The van der Waals surface area contributed by atoms with Crippen LogP contribution in [0.5, 0.6) is 5.75 Å². The van der Waals surface area contributed by atoms with Crippen molar-refractivity contribution in [3.05, 3.63) is 78.4 Å². The Labute approximate surface area is 170 Å². The number of hydrogen-bond acceptors (Lipinski definition) is 4. The van der Waals surface area contributed by atoms with Crippen LogP contribution in [0.2, 0.25) is 0 Å². The molecule has 0 fully saturated rings. The molecule has 3 aromatic rings. The minimum Gasteiger partial charge on any atom is -0.495 e. The Morgan fingerprint density at radius 2 is 1.59 bits per heavy atom. The van der Waals surface area contributed by atoms with Crippen molar-refractivity contribution < 1.29 is 14.3 Å². The van der Waals surface area contributed by atoms with Gasteiger partial charge in [0.05, 0.1) is 24.0 Å². The number of ether oxygens (including phenoxy) is 1. The molecule has 0 saturated carbocycles. The highest BCUT2D eigenvalue weighted by Gasteiger charge is 2.17. The van der Waals surface area contributed by atoms with Gasteiger partial charge in [0.2, 0.25) is 5.91 Å². The summed E-state index contributed by atoms with van der Waals surface area (Å²) in [4.78, 5) is 26.4. The molecule has 0 aliphatic carbocycles. The van der Waals surface area contributed by atoms with Gasteiger partial charge in [0.25, 0.3) is 5.91 Å². The quantitative estimate of drug-likeness (QED) is 0.642. The molecule has 0 radical (unpaired) electrons. The van der Waals surface area contributed by atoms with Gasteiger partial charge in [-0.1, -0.05) is 30.3 Å². The van der Waals surface area contributed by atoms with Crippen LogP contribution in [-0.2, 0) is 4.79 Å². The first-order valence-corrected chi connectivity index (χ1v) is 9.14. The highest BCUT2D eigenvalue weighted by molar-refractivity contribution is 6.09. The third-order valence-electron chi connectivity index (χ3n) is 4.42. The summed E-state index contributed by atoms with van der Waals surface area (Å²) >= 11 is 0. The SMILES string of the molecule is COc1ccc(NC(C)=O)cc1NC(=O)c1ccccc1N(C)c1ccccc1. The second kappa shape index (κ2) is 8.93. The lowest BCUT2D eigenvalue weighted by atomic mass is 10.1. The number of nitrogens with one attached hydrogen (secondary N) is 2. The molecule has 0 saturated heterocycles. The van der Waals surface area contributed by atoms with Crippen LogP contribution in [0.3, 0.4) is 0 Å². The van der Waals surface area contributed by atoms with Crippen molar-refractivity contribution in [1.82, 2.24) is 0 Å². The summed E-state index contributed by atoms with van der Waals surface area (Å²) in [5, 5.41) is 5.60. The Kier molecular flexibility index (Phi) is 6.14. The molecule has 0 aromatic heterocycles. The highest BCUT2D eigenvalue weighted by Crippen LogP contribution is 2.31. The normalized spacial score (nSPS) is 10.2. The lowest BCUT2D eigenvalue weighted by Gasteiger charge is -2.22. The topological polar surface area (TPSA) is 70.7 Å². The van der Waals surface area contributed by atoms with Crippen molar-refractivity contribution in [3.8, 4) is 5.75 Å². The average Bonchev–Trinajstić information content (AvgIpc) is 2.73. The van der Waals surface area contributed by atoms with E-state index in [1.165, 1.54) is 14.0 Å². The third-order valence-corrected chi connectivity index (χ3v) is 4.42. The fourth-order valence-corrected chi connectivity index (χ4v) is 3.03. The fraction of sp³-hybridized carbons (Fsp3) is 0.130. The van der Waals surface area contributed by atoms with E-state index in [1.54, 1.807) is 24.3 Å². The molecule has 0 spiro atoms. The van der Waals surface area contributed by atoms with E-state index < -0.39 is 0 Å². The van der Waals surface area contributed by atoms with Gasteiger partial charge in [0, 0.05) is 25.3 Å². The molecular formula is C23H23N3O3. The van der Waals surface area contributed by atoms with Crippen molar-refractivity contribution in [2.24, 2.45) is 0 Å². The van der Waals surface area contributed by atoms with Gasteiger partial charge in [-0.05, 0) is 42.5 Å². The van der Waals surface area contributed by atoms with Crippen molar-refractivity contribution >= 4 is 34.6 Å². The van der Waals surface area contributed by atoms with Crippen molar-refractivity contribution in [3.63, 3.8) is 0 Å². The molecule has 6 heteroatoms. The van der Waals surface area contributed by atoms with Crippen LogP contribution in [0.15, 0.2) is 72.8 Å². The number of rotatable bonds is 6. The van der Waals surface area contributed by atoms with E-state index in [4.69, 9.17) is 4.74 Å². The molecular weight excluding hydrogens is 366 g/mol. The van der Waals surface area contributed by atoms with Crippen LogP contribution in [-0.4, -0.2) is 26.0 Å². The van der Waals surface area contributed by atoms with Crippen LogP contribution in [0.4, 0.5) is 22.7 Å². The summed E-state index contributed by atoms with van der Waals surface area (Å²) < 4.78 is 5.35. The second-order valence-corrected chi connectivity index (χ2v) is 6.46. The Morgan fingerprint density at radius 3 is 2.28 bits per heavy atom. The number of para-hydroxylation sites is 2. The van der Waals surface area contributed by atoms with Crippen LogP contribution < -0.4 is 20.3 Å². The molecule has 148 valence electrons. The Morgan fingerprint density at radius 1 is 0.897 bits per heavy atom. The monoisotopic (exact) mass is 389 g/mol. The van der Waals surface area contributed by atoms with E-state index >= 15 is 0 Å². The predicted molar refractivity (Wildman–Crippen MR) is 116 cm³/mol. The Hall–Kier alpha value is -3.80. The number of nitrogens with zero attached hydrogens (tertiary/aromatic N) is 1. The molecule has 6 nitrogen and oxygen atoms in total. The van der Waals surface area contributed by atoms with E-state index in [0.717, 1.165) is 11.4 Å². The van der Waals surface area contributed by atoms with Crippen molar-refractivity contribution in [2.75, 3.05) is 29.7 Å². The van der Waals surface area contributed by atoms with E-state index in [2.05, 4.69) is 10.6 Å². The Balaban J connectivity index is 1.91. The summed E-state index contributed by atoms with van der Waals surface area (Å²) in [6.07, 6.45) is 0. The molecule has 29 heavy (non-hydrogen) atoms. The number of hydrogen-bond donors (Lipinski definition) is 2. The molecule has 0 unspecified atom stereocenters. The number of carbonyl (C=O) groups excluding carboxylic acids is 2. The van der Waals surface area contributed by atoms with Gasteiger partial charge >= 0.3 is 0 Å². The van der Waals surface area contributed by atoms with Gasteiger partial charge in [-0.3, -0.25) is 9.59 Å². The molecule has 0 aliphatic heterocycles. The van der Waals surface area contributed by atoms with Gasteiger partial charge in [-0.2, -0.15) is 0 Å². The van der Waals surface area contributed by atoms with E-state index in [-0.39, 0.29) is 11.8 Å². The van der Waals surface area contributed by atoms with Gasteiger partial charge < -0.3 is 20.3 Å². The van der Waals surface area contributed by atoms with Gasteiger partial charge in [-0.15, -0.1) is 0 Å². The van der Waals surface area contributed by atoms with E-state index in [9.17, 15) is 9.59 Å². The number of anilines is 4. The summed E-state index contributed by atoms with van der Waals surface area (Å²) in [5.41, 5.74) is 3.31. The molecule has 0 heterocycles. The molecule has 2 amide bonds. The smallest absolute Gasteiger partial charge is 0.257 e. The summed E-state index contributed by atoms with van der Waals surface area (Å²) in [7, 11) is 3.44. The minimum absolute atomic E-state index is 0.192. The van der Waals surface area contributed by atoms with Crippen molar-refractivity contribution in [2.45, 2.75) is 6.92 Å². The predicted octanol–water partition coefficient (Wildman–Crippen LogP) is 4.67. The average molecular weight is 389 g/mol. The maximum atomic E-state index is 13.1. The first kappa shape index (κ1) is 19.9. The Bertz CT molecular complexity index is 1020. The molecule has 2 N–H and O–H groups in total. The number of amides is 2. The van der Waals surface area contributed by atoms with Crippen molar-refractivity contribution in [1.29, 1.82) is 0 Å². The lowest BCUT2D eigenvalue weighted by Crippen LogP contribution is -2.19. The first-order valence-electron chi connectivity index (χ1n) is 9.14. The highest BCUT2D eigenvalue weighted by atomic mass is 16.5. The van der Waals surface area contributed by atoms with E-state index in [0.29, 0.717) is 22.7 Å². The first-order chi connectivity index (χ1) is 14.0. The molecule has 0 bridgehead atoms. The number of benzene rings is 3. The van der Waals surface area contributed by atoms with Gasteiger partial charge in [0.1, 0.15) is 5.75 Å². The minimum atomic E-state index is -0.276. The summed E-state index contributed by atoms with van der Waals surface area (Å²) in [5.74, 6) is 0.0327. The van der Waals surface area contributed by atoms with Gasteiger partial charge in [-0.25, -0.2) is 0 Å². The maximum Gasteiger partial charge on any atom is 0.257 e. The second-order valence-electron chi connectivity index (χ2n) is 6.46. The zero-order valence-corrected chi connectivity index (χ0v) is 16.6. The molecule has 3 rings (SSSR count).